The molecule has 0 spiro atoms. The number of carbonyl (C=O) groups excluding carboxylic acids is 1. The molecule has 30 heavy (non-hydrogen) atoms. The molecule has 0 N–H and O–H groups in total. The maximum Gasteiger partial charge on any atom is 0.252 e. The van der Waals surface area contributed by atoms with Crippen molar-refractivity contribution in [2.24, 2.45) is 11.8 Å². The van der Waals surface area contributed by atoms with E-state index in [0.717, 1.165) is 50.7 Å². The number of piperidine rings is 2. The van der Waals surface area contributed by atoms with Crippen LogP contribution in [0.3, 0.4) is 0 Å². The Morgan fingerprint density at radius 1 is 1.03 bits per heavy atom. The molecular weight excluding hydrogens is 440 g/mol. The van der Waals surface area contributed by atoms with Gasteiger partial charge in [0.2, 0.25) is 0 Å². The first-order valence-electron chi connectivity index (χ1n) is 10.5. The van der Waals surface area contributed by atoms with E-state index in [1.54, 1.807) is 22.5 Å². The molecule has 2 aromatic rings. The van der Waals surface area contributed by atoms with Crippen molar-refractivity contribution >= 4 is 44.9 Å². The molecule has 0 aliphatic carbocycles. The van der Waals surface area contributed by atoms with Crippen molar-refractivity contribution in [1.82, 2.24) is 4.31 Å². The third-order valence-electron chi connectivity index (χ3n) is 6.42. The van der Waals surface area contributed by atoms with Gasteiger partial charge in [0, 0.05) is 37.4 Å². The molecule has 0 amide bonds. The molecule has 8 heteroatoms. The summed E-state index contributed by atoms with van der Waals surface area (Å²) in [6.45, 7) is 3.25. The highest BCUT2D eigenvalue weighted by atomic mass is 35.5. The van der Waals surface area contributed by atoms with Crippen LogP contribution >= 0.6 is 22.9 Å². The van der Waals surface area contributed by atoms with Crippen LogP contribution in [0, 0.1) is 11.8 Å². The van der Waals surface area contributed by atoms with E-state index in [0.29, 0.717) is 39.7 Å². The standard InChI is InChI=1S/C22H27ClN2O3S2/c23-21-15-20(4-3-19(21)16-26)24-9-5-17(6-10-24)14-18-7-11-25(12-8-18)30(27,28)22-2-1-13-29-22/h1-4,13,15-18H,5-12,14H2. The van der Waals surface area contributed by atoms with Crippen LogP contribution < -0.4 is 4.90 Å². The Hall–Kier alpha value is -1.41. The van der Waals surface area contributed by atoms with Crippen molar-refractivity contribution in [2.45, 2.75) is 36.3 Å². The number of sulfonamides is 1. The molecule has 2 saturated heterocycles. The molecule has 0 bridgehead atoms. The Balaban J connectivity index is 1.25. The van der Waals surface area contributed by atoms with Gasteiger partial charge in [-0.15, -0.1) is 11.3 Å². The SMILES string of the molecule is O=Cc1ccc(N2CCC(CC3CCN(S(=O)(=O)c4cccs4)CC3)CC2)cc1Cl. The minimum absolute atomic E-state index is 0.453. The molecule has 2 fully saturated rings. The summed E-state index contributed by atoms with van der Waals surface area (Å²) in [5.41, 5.74) is 1.61. The van der Waals surface area contributed by atoms with Gasteiger partial charge in [0.1, 0.15) is 4.21 Å². The molecule has 2 aliphatic heterocycles. The van der Waals surface area contributed by atoms with Gasteiger partial charge in [-0.25, -0.2) is 8.42 Å². The van der Waals surface area contributed by atoms with Crippen molar-refractivity contribution in [3.63, 3.8) is 0 Å². The molecule has 1 aromatic carbocycles. The van der Waals surface area contributed by atoms with Gasteiger partial charge in [0.25, 0.3) is 10.0 Å². The largest absolute Gasteiger partial charge is 0.371 e. The predicted octanol–water partition coefficient (Wildman–Crippen LogP) is 4.92. The summed E-state index contributed by atoms with van der Waals surface area (Å²) >= 11 is 7.47. The lowest BCUT2D eigenvalue weighted by Gasteiger charge is -2.37. The third-order valence-corrected chi connectivity index (χ3v) is 10.0. The lowest BCUT2D eigenvalue weighted by atomic mass is 9.83. The highest BCUT2D eigenvalue weighted by molar-refractivity contribution is 7.91. The first-order chi connectivity index (χ1) is 14.5. The first-order valence-corrected chi connectivity index (χ1v) is 13.2. The van der Waals surface area contributed by atoms with Gasteiger partial charge < -0.3 is 4.90 Å². The van der Waals surface area contributed by atoms with Gasteiger partial charge >= 0.3 is 0 Å². The van der Waals surface area contributed by atoms with E-state index < -0.39 is 10.0 Å². The summed E-state index contributed by atoms with van der Waals surface area (Å²) in [7, 11) is -3.31. The summed E-state index contributed by atoms with van der Waals surface area (Å²) in [4.78, 5) is 13.3. The normalized spacial score (nSPS) is 19.8. The highest BCUT2D eigenvalue weighted by Gasteiger charge is 2.31. The number of rotatable bonds is 6. The second-order valence-corrected chi connectivity index (χ2v) is 11.8. The van der Waals surface area contributed by atoms with Crippen molar-refractivity contribution < 1.29 is 13.2 Å². The number of nitrogens with zero attached hydrogens (tertiary/aromatic N) is 2. The van der Waals surface area contributed by atoms with Gasteiger partial charge in [-0.05, 0) is 73.6 Å². The average Bonchev–Trinajstić information content (AvgIpc) is 3.31. The van der Waals surface area contributed by atoms with Crippen molar-refractivity contribution in [3.05, 3.63) is 46.3 Å². The summed E-state index contributed by atoms with van der Waals surface area (Å²) in [5.74, 6) is 1.30. The molecular formula is C22H27ClN2O3S2. The van der Waals surface area contributed by atoms with Crippen LogP contribution in [0.15, 0.2) is 39.9 Å². The fourth-order valence-corrected chi connectivity index (χ4v) is 7.46. The molecule has 0 radical (unpaired) electrons. The molecule has 2 aliphatic rings. The van der Waals surface area contributed by atoms with E-state index in [9.17, 15) is 13.2 Å². The zero-order valence-corrected chi connectivity index (χ0v) is 19.3. The molecule has 4 rings (SSSR count). The van der Waals surface area contributed by atoms with Gasteiger partial charge in [-0.2, -0.15) is 4.31 Å². The Labute approximate surface area is 187 Å². The number of halogens is 1. The molecule has 0 saturated carbocycles. The van der Waals surface area contributed by atoms with Gasteiger partial charge in [0.05, 0.1) is 5.02 Å². The first kappa shape index (κ1) is 21.8. The average molecular weight is 467 g/mol. The molecule has 5 nitrogen and oxygen atoms in total. The van der Waals surface area contributed by atoms with E-state index in [-0.39, 0.29) is 0 Å². The number of hydrogen-bond acceptors (Lipinski definition) is 5. The lowest BCUT2D eigenvalue weighted by molar-refractivity contribution is 0.112. The fraction of sp³-hybridized carbons (Fsp3) is 0.500. The van der Waals surface area contributed by atoms with Crippen LogP contribution in [0.5, 0.6) is 0 Å². The van der Waals surface area contributed by atoms with E-state index in [2.05, 4.69) is 4.90 Å². The number of anilines is 1. The quantitative estimate of drug-likeness (QED) is 0.567. The Bertz CT molecular complexity index is 962. The summed E-state index contributed by atoms with van der Waals surface area (Å²) in [6.07, 6.45) is 6.16. The third kappa shape index (κ3) is 4.74. The number of hydrogen-bond donors (Lipinski definition) is 0. The van der Waals surface area contributed by atoms with Gasteiger partial charge in [-0.1, -0.05) is 17.7 Å². The van der Waals surface area contributed by atoms with E-state index in [1.165, 1.54) is 17.8 Å². The maximum absolute atomic E-state index is 12.7. The monoisotopic (exact) mass is 466 g/mol. The predicted molar refractivity (Wildman–Crippen MR) is 122 cm³/mol. The molecule has 1 aromatic heterocycles. The molecule has 3 heterocycles. The van der Waals surface area contributed by atoms with Crippen LogP contribution in [0.2, 0.25) is 5.02 Å². The van der Waals surface area contributed by atoms with Crippen LogP contribution in [0.4, 0.5) is 5.69 Å². The van der Waals surface area contributed by atoms with Gasteiger partial charge in [0.15, 0.2) is 6.29 Å². The van der Waals surface area contributed by atoms with Crippen molar-refractivity contribution in [2.75, 3.05) is 31.1 Å². The van der Waals surface area contributed by atoms with Crippen LogP contribution in [0.25, 0.3) is 0 Å². The minimum Gasteiger partial charge on any atom is -0.371 e. The van der Waals surface area contributed by atoms with Crippen LogP contribution in [-0.4, -0.2) is 45.2 Å². The Kier molecular flexibility index (Phi) is 6.82. The summed E-state index contributed by atoms with van der Waals surface area (Å²) in [6, 6.07) is 9.13. The Morgan fingerprint density at radius 3 is 2.27 bits per heavy atom. The van der Waals surface area contributed by atoms with Crippen molar-refractivity contribution in [1.29, 1.82) is 0 Å². The summed E-state index contributed by atoms with van der Waals surface area (Å²) < 4.78 is 27.5. The Morgan fingerprint density at radius 2 is 1.70 bits per heavy atom. The zero-order chi connectivity index (χ0) is 21.1. The highest BCUT2D eigenvalue weighted by Crippen LogP contribution is 2.34. The topological polar surface area (TPSA) is 57.7 Å². The second kappa shape index (κ2) is 9.39. The zero-order valence-electron chi connectivity index (χ0n) is 16.9. The molecule has 0 unspecified atom stereocenters. The lowest BCUT2D eigenvalue weighted by Crippen LogP contribution is -2.39. The second-order valence-electron chi connectivity index (χ2n) is 8.27. The fourth-order valence-electron chi connectivity index (χ4n) is 4.63. The van der Waals surface area contributed by atoms with Crippen LogP contribution in [-0.2, 0) is 10.0 Å². The van der Waals surface area contributed by atoms with Crippen molar-refractivity contribution in [3.8, 4) is 0 Å². The number of benzene rings is 1. The summed E-state index contributed by atoms with van der Waals surface area (Å²) in [5, 5.41) is 2.32. The number of thiophene rings is 1. The smallest absolute Gasteiger partial charge is 0.252 e. The van der Waals surface area contributed by atoms with E-state index in [4.69, 9.17) is 11.6 Å². The van der Waals surface area contributed by atoms with Crippen LogP contribution in [0.1, 0.15) is 42.5 Å². The van der Waals surface area contributed by atoms with E-state index in [1.807, 2.05) is 17.5 Å². The van der Waals surface area contributed by atoms with E-state index >= 15 is 0 Å². The molecule has 162 valence electrons. The number of carbonyl (C=O) groups is 1. The molecule has 0 atom stereocenters. The number of aldehydes is 1. The van der Waals surface area contributed by atoms with Gasteiger partial charge in [-0.3, -0.25) is 4.79 Å². The minimum atomic E-state index is -3.31. The maximum atomic E-state index is 12.7.